The minimum absolute atomic E-state index is 0.0282. The normalized spacial score (nSPS) is 16.1. The lowest BCUT2D eigenvalue weighted by Gasteiger charge is -2.19. The molecule has 3 N–H and O–H groups in total. The van der Waals surface area contributed by atoms with Gasteiger partial charge in [-0.3, -0.25) is 4.79 Å². The molecule has 0 bridgehead atoms. The molecule has 1 aliphatic rings. The maximum Gasteiger partial charge on any atom is 0.290 e. The van der Waals surface area contributed by atoms with Gasteiger partial charge in [0.25, 0.3) is 5.91 Å². The number of hydrogen-bond donors (Lipinski definition) is 3. The monoisotopic (exact) mass is 462 g/mol. The van der Waals surface area contributed by atoms with Crippen LogP contribution in [0.3, 0.4) is 0 Å². The van der Waals surface area contributed by atoms with E-state index in [1.165, 1.54) is 30.0 Å². The number of aromatic nitrogens is 1. The number of benzene rings is 2. The summed E-state index contributed by atoms with van der Waals surface area (Å²) >= 11 is 0. The van der Waals surface area contributed by atoms with Crippen molar-refractivity contribution in [1.29, 1.82) is 0 Å². The number of nitrogens with one attached hydrogen (secondary N) is 1. The van der Waals surface area contributed by atoms with Crippen LogP contribution in [0.15, 0.2) is 34.9 Å². The Bertz CT molecular complexity index is 1200. The van der Waals surface area contributed by atoms with Crippen molar-refractivity contribution in [3.63, 3.8) is 0 Å². The first kappa shape index (κ1) is 23.9. The first-order chi connectivity index (χ1) is 16.3. The summed E-state index contributed by atoms with van der Waals surface area (Å²) in [4.78, 5) is 12.9. The highest BCUT2D eigenvalue weighted by Crippen LogP contribution is 2.43. The zero-order chi connectivity index (χ0) is 24.4. The summed E-state index contributed by atoms with van der Waals surface area (Å²) in [6, 6.07) is 9.37. The maximum atomic E-state index is 12.9. The van der Waals surface area contributed by atoms with Crippen LogP contribution in [0.25, 0.3) is 22.4 Å². The number of amides is 1. The molecule has 0 radical (unpaired) electrons. The summed E-state index contributed by atoms with van der Waals surface area (Å²) in [5.41, 5.74) is 5.53. The van der Waals surface area contributed by atoms with Gasteiger partial charge in [0.15, 0.2) is 0 Å². The van der Waals surface area contributed by atoms with Crippen LogP contribution in [0.1, 0.15) is 80.1 Å². The molecule has 2 aromatic carbocycles. The Kier molecular flexibility index (Phi) is 6.96. The molecule has 0 spiro atoms. The van der Waals surface area contributed by atoms with Crippen LogP contribution in [0.5, 0.6) is 11.5 Å². The number of carbonyl (C=O) groups is 1. The highest BCUT2D eigenvalue weighted by Gasteiger charge is 2.27. The number of aryl methyl sites for hydroxylation is 2. The number of carbonyl (C=O) groups excluding carboxylic acids is 1. The molecule has 1 unspecified atom stereocenters. The van der Waals surface area contributed by atoms with E-state index in [0.29, 0.717) is 34.8 Å². The smallest absolute Gasteiger partial charge is 0.290 e. The molecule has 180 valence electrons. The van der Waals surface area contributed by atoms with Gasteiger partial charge in [0.2, 0.25) is 5.76 Å². The third kappa shape index (κ3) is 4.67. The van der Waals surface area contributed by atoms with Crippen molar-refractivity contribution in [2.45, 2.75) is 65.7 Å². The molecule has 1 heterocycles. The van der Waals surface area contributed by atoms with E-state index in [2.05, 4.69) is 29.5 Å². The molecule has 4 rings (SSSR count). The lowest BCUT2D eigenvalue weighted by molar-refractivity contribution is 0.0920. The van der Waals surface area contributed by atoms with E-state index in [9.17, 15) is 15.0 Å². The van der Waals surface area contributed by atoms with Gasteiger partial charge in [0, 0.05) is 18.2 Å². The van der Waals surface area contributed by atoms with Crippen molar-refractivity contribution in [1.82, 2.24) is 10.5 Å². The van der Waals surface area contributed by atoms with Crippen LogP contribution in [-0.4, -0.2) is 27.8 Å². The predicted octanol–water partition coefficient (Wildman–Crippen LogP) is 6.20. The summed E-state index contributed by atoms with van der Waals surface area (Å²) < 4.78 is 5.57. The fourth-order valence-corrected chi connectivity index (χ4v) is 4.83. The van der Waals surface area contributed by atoms with Crippen LogP contribution in [0, 0.1) is 5.92 Å². The van der Waals surface area contributed by atoms with Crippen LogP contribution in [0.4, 0.5) is 0 Å². The molecule has 0 saturated carbocycles. The third-order valence-electron chi connectivity index (χ3n) is 6.80. The van der Waals surface area contributed by atoms with Crippen LogP contribution in [0.2, 0.25) is 0 Å². The number of nitrogens with zero attached hydrogens (tertiary/aromatic N) is 1. The number of fused-ring (bicyclic) bond motifs is 1. The average Bonchev–Trinajstić information content (AvgIpc) is 3.21. The summed E-state index contributed by atoms with van der Waals surface area (Å²) in [5, 5.41) is 28.1. The molecule has 34 heavy (non-hydrogen) atoms. The largest absolute Gasteiger partial charge is 0.508 e. The van der Waals surface area contributed by atoms with Gasteiger partial charge in [-0.2, -0.15) is 0 Å². The zero-order valence-electron chi connectivity index (χ0n) is 20.4. The van der Waals surface area contributed by atoms with E-state index in [4.69, 9.17) is 4.52 Å². The highest BCUT2D eigenvalue weighted by molar-refractivity contribution is 6.02. The molecular weight excluding hydrogens is 428 g/mol. The van der Waals surface area contributed by atoms with Gasteiger partial charge in [-0.25, -0.2) is 0 Å². The van der Waals surface area contributed by atoms with Crippen LogP contribution < -0.4 is 5.32 Å². The fourth-order valence-electron chi connectivity index (χ4n) is 4.83. The molecule has 1 atom stereocenters. The van der Waals surface area contributed by atoms with Gasteiger partial charge in [-0.15, -0.1) is 0 Å². The third-order valence-corrected chi connectivity index (χ3v) is 6.80. The summed E-state index contributed by atoms with van der Waals surface area (Å²) in [6.45, 7) is 8.55. The molecule has 0 saturated heterocycles. The number of rotatable bonds is 5. The SMILES string of the molecule is CCNC(=O)c1onc(-c2cc(C(C)C)c(O)cc2O)c1-c1ccc2c(c1)CCC(C)CCC2. The minimum atomic E-state index is -0.348. The van der Waals surface area contributed by atoms with E-state index in [-0.39, 0.29) is 29.1 Å². The van der Waals surface area contributed by atoms with Crippen molar-refractivity contribution < 1.29 is 19.5 Å². The molecule has 0 fully saturated rings. The minimum Gasteiger partial charge on any atom is -0.508 e. The lowest BCUT2D eigenvalue weighted by Crippen LogP contribution is -2.22. The topological polar surface area (TPSA) is 95.6 Å². The summed E-state index contributed by atoms with van der Waals surface area (Å²) in [7, 11) is 0. The van der Waals surface area contributed by atoms with Crippen molar-refractivity contribution in [3.8, 4) is 33.9 Å². The Morgan fingerprint density at radius 3 is 2.65 bits per heavy atom. The Morgan fingerprint density at radius 1 is 1.12 bits per heavy atom. The van der Waals surface area contributed by atoms with Gasteiger partial charge in [0.05, 0.1) is 5.56 Å². The molecule has 6 heteroatoms. The van der Waals surface area contributed by atoms with Gasteiger partial charge in [-0.05, 0) is 72.8 Å². The predicted molar refractivity (Wildman–Crippen MR) is 133 cm³/mol. The first-order valence-electron chi connectivity index (χ1n) is 12.3. The van der Waals surface area contributed by atoms with E-state index >= 15 is 0 Å². The fraction of sp³-hybridized carbons (Fsp3) is 0.429. The molecule has 1 amide bonds. The lowest BCUT2D eigenvalue weighted by atomic mass is 9.86. The van der Waals surface area contributed by atoms with Gasteiger partial charge in [0.1, 0.15) is 17.2 Å². The second kappa shape index (κ2) is 9.92. The Labute approximate surface area is 201 Å². The van der Waals surface area contributed by atoms with Gasteiger partial charge in [-0.1, -0.05) is 50.5 Å². The molecule has 1 aliphatic carbocycles. The maximum absolute atomic E-state index is 12.9. The molecule has 6 nitrogen and oxygen atoms in total. The van der Waals surface area contributed by atoms with Crippen LogP contribution >= 0.6 is 0 Å². The van der Waals surface area contributed by atoms with E-state index < -0.39 is 0 Å². The molecule has 1 aromatic heterocycles. The van der Waals surface area contributed by atoms with E-state index in [1.807, 2.05) is 26.8 Å². The average molecular weight is 463 g/mol. The number of hydrogen-bond acceptors (Lipinski definition) is 5. The standard InChI is InChI=1S/C28H34N2O4/c1-5-29-28(33)27-25(20-12-11-18-8-6-7-17(4)9-10-19(18)13-20)26(30-34-27)22-14-21(16(2)3)23(31)15-24(22)32/h11-17,31-32H,5-10H2,1-4H3,(H,29,33). The second-order valence-electron chi connectivity index (χ2n) is 9.70. The molecule has 0 aliphatic heterocycles. The Morgan fingerprint density at radius 2 is 1.91 bits per heavy atom. The van der Waals surface area contributed by atoms with Crippen molar-refractivity contribution in [2.75, 3.05) is 6.54 Å². The number of aromatic hydroxyl groups is 2. The van der Waals surface area contributed by atoms with E-state index in [0.717, 1.165) is 24.8 Å². The molecule has 3 aromatic rings. The molecular formula is C28H34N2O4. The first-order valence-corrected chi connectivity index (χ1v) is 12.3. The summed E-state index contributed by atoms with van der Waals surface area (Å²) in [6.07, 6.45) is 5.60. The van der Waals surface area contributed by atoms with Crippen molar-refractivity contribution in [3.05, 3.63) is 52.8 Å². The van der Waals surface area contributed by atoms with Crippen molar-refractivity contribution in [2.24, 2.45) is 5.92 Å². The number of phenolic OH excluding ortho intramolecular Hbond substituents is 2. The quantitative estimate of drug-likeness (QED) is 0.420. The Balaban J connectivity index is 1.90. The van der Waals surface area contributed by atoms with Crippen LogP contribution in [-0.2, 0) is 12.8 Å². The zero-order valence-corrected chi connectivity index (χ0v) is 20.4. The van der Waals surface area contributed by atoms with Gasteiger partial charge >= 0.3 is 0 Å². The highest BCUT2D eigenvalue weighted by atomic mass is 16.5. The summed E-state index contributed by atoms with van der Waals surface area (Å²) in [5.74, 6) is 0.418. The number of phenols is 2. The second-order valence-corrected chi connectivity index (χ2v) is 9.70. The Hall–Kier alpha value is -3.28. The van der Waals surface area contributed by atoms with Crippen molar-refractivity contribution >= 4 is 5.91 Å². The van der Waals surface area contributed by atoms with Gasteiger partial charge < -0.3 is 20.1 Å². The van der Waals surface area contributed by atoms with E-state index in [1.54, 1.807) is 6.07 Å².